The van der Waals surface area contributed by atoms with Gasteiger partial charge in [0.15, 0.2) is 0 Å². The number of nitrogens with zero attached hydrogens (tertiary/aromatic N) is 2. The van der Waals surface area contributed by atoms with Crippen LogP contribution in [0.25, 0.3) is 10.9 Å². The van der Waals surface area contributed by atoms with Gasteiger partial charge < -0.3 is 9.88 Å². The van der Waals surface area contributed by atoms with E-state index in [2.05, 4.69) is 10.6 Å². The maximum absolute atomic E-state index is 15.1. The number of piperidine rings is 1. The number of imide groups is 1. The van der Waals surface area contributed by atoms with Crippen molar-refractivity contribution < 1.29 is 14.0 Å². The number of hydrogen-bond acceptors (Lipinski definition) is 3. The van der Waals surface area contributed by atoms with Gasteiger partial charge in [0.1, 0.15) is 5.67 Å². The molecule has 25 heavy (non-hydrogen) atoms. The van der Waals surface area contributed by atoms with Crippen LogP contribution in [0.1, 0.15) is 19.3 Å². The van der Waals surface area contributed by atoms with Gasteiger partial charge in [-0.1, -0.05) is 6.07 Å². The predicted molar refractivity (Wildman–Crippen MR) is 93.4 cm³/mol. The monoisotopic (exact) mass is 344 g/mol. The highest BCUT2D eigenvalue weighted by molar-refractivity contribution is 6.09. The van der Waals surface area contributed by atoms with Gasteiger partial charge in [0.05, 0.1) is 17.7 Å². The molecule has 2 N–H and O–H groups in total. The quantitative estimate of drug-likeness (QED) is 0.897. The predicted octanol–water partition coefficient (Wildman–Crippen LogP) is 2.18. The smallest absolute Gasteiger partial charge is 0.328 e. The molecule has 7 heteroatoms. The zero-order chi connectivity index (χ0) is 17.4. The molecular formula is C18H21FN4O2. The van der Waals surface area contributed by atoms with E-state index < -0.39 is 11.7 Å². The van der Waals surface area contributed by atoms with Gasteiger partial charge in [0.2, 0.25) is 5.91 Å². The Morgan fingerprint density at radius 1 is 1.16 bits per heavy atom. The summed E-state index contributed by atoms with van der Waals surface area (Å²) in [7, 11) is 0. The summed E-state index contributed by atoms with van der Waals surface area (Å²) in [6.45, 7) is 2.06. The summed E-state index contributed by atoms with van der Waals surface area (Å²) in [6.07, 6.45) is 3.17. The van der Waals surface area contributed by atoms with E-state index in [1.165, 1.54) is 0 Å². The fourth-order valence-electron chi connectivity index (χ4n) is 3.71. The number of fused-ring (bicyclic) bond motifs is 1. The van der Waals surface area contributed by atoms with E-state index in [9.17, 15) is 9.59 Å². The highest BCUT2D eigenvalue weighted by Crippen LogP contribution is 2.32. The van der Waals surface area contributed by atoms with Crippen LogP contribution in [0.4, 0.5) is 14.9 Å². The average molecular weight is 344 g/mol. The molecule has 0 bridgehead atoms. The van der Waals surface area contributed by atoms with E-state index in [1.807, 2.05) is 35.0 Å². The summed E-state index contributed by atoms with van der Waals surface area (Å²) in [4.78, 5) is 25.1. The van der Waals surface area contributed by atoms with Crippen LogP contribution in [-0.2, 0) is 11.3 Å². The third kappa shape index (κ3) is 3.00. The van der Waals surface area contributed by atoms with Crippen LogP contribution in [0.15, 0.2) is 30.5 Å². The van der Waals surface area contributed by atoms with Crippen molar-refractivity contribution in [2.75, 3.05) is 24.5 Å². The molecule has 2 aromatic rings. The van der Waals surface area contributed by atoms with Crippen LogP contribution in [0, 0.1) is 0 Å². The minimum Gasteiger partial charge on any atom is -0.344 e. The molecule has 2 aliphatic heterocycles. The molecule has 2 fully saturated rings. The summed E-state index contributed by atoms with van der Waals surface area (Å²) < 4.78 is 17.0. The minimum absolute atomic E-state index is 0.253. The molecule has 0 unspecified atom stereocenters. The third-order valence-electron chi connectivity index (χ3n) is 5.09. The number of anilines is 1. The first-order valence-electron chi connectivity index (χ1n) is 8.65. The average Bonchev–Trinajstić information content (AvgIpc) is 2.98. The Morgan fingerprint density at radius 2 is 1.96 bits per heavy atom. The van der Waals surface area contributed by atoms with Gasteiger partial charge in [-0.25, -0.2) is 9.18 Å². The first-order chi connectivity index (χ1) is 12.1. The SMILES string of the molecule is O=C1CCN(c2cccc3c2ccn3CC2(F)CCNCC2)C(=O)N1. The molecular weight excluding hydrogens is 323 g/mol. The molecule has 0 saturated carbocycles. The van der Waals surface area contributed by atoms with Crippen LogP contribution >= 0.6 is 0 Å². The molecule has 0 aliphatic carbocycles. The summed E-state index contributed by atoms with van der Waals surface area (Å²) >= 11 is 0. The van der Waals surface area contributed by atoms with E-state index in [4.69, 9.17) is 0 Å². The number of aromatic nitrogens is 1. The molecule has 3 amide bonds. The number of rotatable bonds is 3. The Bertz CT molecular complexity index is 826. The van der Waals surface area contributed by atoms with Crippen molar-refractivity contribution in [3.63, 3.8) is 0 Å². The van der Waals surface area contributed by atoms with Crippen molar-refractivity contribution in [2.24, 2.45) is 0 Å². The minimum atomic E-state index is -1.21. The van der Waals surface area contributed by atoms with Gasteiger partial charge in [-0.3, -0.25) is 15.0 Å². The lowest BCUT2D eigenvalue weighted by molar-refractivity contribution is -0.120. The van der Waals surface area contributed by atoms with Crippen LogP contribution in [-0.4, -0.2) is 41.8 Å². The van der Waals surface area contributed by atoms with Crippen molar-refractivity contribution in [3.05, 3.63) is 30.5 Å². The van der Waals surface area contributed by atoms with E-state index in [-0.39, 0.29) is 12.3 Å². The molecule has 0 atom stereocenters. The lowest BCUT2D eigenvalue weighted by Crippen LogP contribution is -2.49. The van der Waals surface area contributed by atoms with E-state index >= 15 is 4.39 Å². The Morgan fingerprint density at radius 3 is 2.72 bits per heavy atom. The number of hydrogen-bond donors (Lipinski definition) is 2. The Kier molecular flexibility index (Phi) is 3.95. The number of carbonyl (C=O) groups is 2. The van der Waals surface area contributed by atoms with Crippen LogP contribution in [0.2, 0.25) is 0 Å². The van der Waals surface area contributed by atoms with Crippen LogP contribution < -0.4 is 15.5 Å². The normalized spacial score (nSPS) is 20.8. The second kappa shape index (κ2) is 6.15. The van der Waals surface area contributed by atoms with Gasteiger partial charge in [-0.05, 0) is 44.1 Å². The Balaban J connectivity index is 1.66. The van der Waals surface area contributed by atoms with Crippen molar-refractivity contribution in [1.29, 1.82) is 0 Å². The molecule has 3 heterocycles. The van der Waals surface area contributed by atoms with Crippen molar-refractivity contribution in [1.82, 2.24) is 15.2 Å². The topological polar surface area (TPSA) is 66.4 Å². The summed E-state index contributed by atoms with van der Waals surface area (Å²) in [5, 5.41) is 6.43. The summed E-state index contributed by atoms with van der Waals surface area (Å²) in [5.41, 5.74) is 0.444. The number of halogens is 1. The van der Waals surface area contributed by atoms with Crippen molar-refractivity contribution >= 4 is 28.5 Å². The molecule has 0 radical (unpaired) electrons. The number of urea groups is 1. The standard InChI is InChI=1S/C18H21FN4O2/c19-18(6-8-20-9-7-18)12-22-10-4-13-14(22)2-1-3-15(13)23-11-5-16(24)21-17(23)25/h1-4,10,20H,5-9,11-12H2,(H,21,24,25). The van der Waals surface area contributed by atoms with Gasteiger partial charge in [0.25, 0.3) is 0 Å². The summed E-state index contributed by atoms with van der Waals surface area (Å²) in [5.74, 6) is -0.253. The van der Waals surface area contributed by atoms with E-state index in [0.717, 1.165) is 16.6 Å². The van der Waals surface area contributed by atoms with Crippen LogP contribution in [0.5, 0.6) is 0 Å². The van der Waals surface area contributed by atoms with Gasteiger partial charge in [-0.2, -0.15) is 0 Å². The molecule has 132 valence electrons. The lowest BCUT2D eigenvalue weighted by atomic mass is 9.94. The molecule has 1 aromatic heterocycles. The molecule has 1 aromatic carbocycles. The van der Waals surface area contributed by atoms with E-state index in [0.29, 0.717) is 39.0 Å². The second-order valence-electron chi connectivity index (χ2n) is 6.81. The van der Waals surface area contributed by atoms with Crippen molar-refractivity contribution in [2.45, 2.75) is 31.5 Å². The number of carbonyl (C=O) groups excluding carboxylic acids is 2. The Hall–Kier alpha value is -2.41. The number of benzene rings is 1. The molecule has 2 aliphatic rings. The fraction of sp³-hybridized carbons (Fsp3) is 0.444. The lowest BCUT2D eigenvalue weighted by Gasteiger charge is -2.31. The fourth-order valence-corrected chi connectivity index (χ4v) is 3.71. The second-order valence-corrected chi connectivity index (χ2v) is 6.81. The molecule has 4 rings (SSSR count). The highest BCUT2D eigenvalue weighted by Gasteiger charge is 2.32. The maximum atomic E-state index is 15.1. The Labute approximate surface area is 145 Å². The van der Waals surface area contributed by atoms with E-state index in [1.54, 1.807) is 4.90 Å². The van der Waals surface area contributed by atoms with Gasteiger partial charge in [0, 0.05) is 24.5 Å². The molecule has 0 spiro atoms. The number of alkyl halides is 1. The first-order valence-corrected chi connectivity index (χ1v) is 8.65. The molecule has 2 saturated heterocycles. The number of amides is 3. The zero-order valence-electron chi connectivity index (χ0n) is 13.9. The van der Waals surface area contributed by atoms with Crippen LogP contribution in [0.3, 0.4) is 0 Å². The zero-order valence-corrected chi connectivity index (χ0v) is 13.9. The van der Waals surface area contributed by atoms with Gasteiger partial charge in [-0.15, -0.1) is 0 Å². The summed E-state index contributed by atoms with van der Waals surface area (Å²) in [6, 6.07) is 7.18. The van der Waals surface area contributed by atoms with Crippen molar-refractivity contribution in [3.8, 4) is 0 Å². The largest absolute Gasteiger partial charge is 0.344 e. The third-order valence-corrected chi connectivity index (χ3v) is 5.09. The molecule has 6 nitrogen and oxygen atoms in total. The van der Waals surface area contributed by atoms with Gasteiger partial charge >= 0.3 is 6.03 Å². The number of nitrogens with one attached hydrogen (secondary N) is 2. The maximum Gasteiger partial charge on any atom is 0.328 e. The first kappa shape index (κ1) is 16.1. The highest BCUT2D eigenvalue weighted by atomic mass is 19.1.